The summed E-state index contributed by atoms with van der Waals surface area (Å²) in [5, 5.41) is 18.9. The van der Waals surface area contributed by atoms with Gasteiger partial charge in [0.15, 0.2) is 5.11 Å². The van der Waals surface area contributed by atoms with Gasteiger partial charge in [0.25, 0.3) is 5.69 Å². The number of carbonyl (C=O) groups is 2. The molecular formula is C19H18N4O4S. The average molecular weight is 398 g/mol. The van der Waals surface area contributed by atoms with Crippen molar-refractivity contribution in [3.8, 4) is 0 Å². The van der Waals surface area contributed by atoms with Crippen LogP contribution in [0.2, 0.25) is 0 Å². The Morgan fingerprint density at radius 3 is 2.36 bits per heavy atom. The molecule has 0 saturated carbocycles. The van der Waals surface area contributed by atoms with Crippen LogP contribution in [-0.4, -0.2) is 21.9 Å². The molecule has 2 rings (SSSR count). The molecule has 0 saturated heterocycles. The number of non-ortho nitro benzene ring substituents is 1. The van der Waals surface area contributed by atoms with E-state index in [-0.39, 0.29) is 16.7 Å². The highest BCUT2D eigenvalue weighted by molar-refractivity contribution is 7.80. The van der Waals surface area contributed by atoms with Crippen molar-refractivity contribution in [1.82, 2.24) is 5.32 Å². The van der Waals surface area contributed by atoms with Crippen molar-refractivity contribution in [3.63, 3.8) is 0 Å². The minimum atomic E-state index is -0.505. The highest BCUT2D eigenvalue weighted by atomic mass is 32.1. The zero-order valence-electron chi connectivity index (χ0n) is 15.0. The van der Waals surface area contributed by atoms with E-state index in [9.17, 15) is 19.7 Å². The quantitative estimate of drug-likeness (QED) is 0.297. The molecule has 0 aliphatic rings. The van der Waals surface area contributed by atoms with Crippen LogP contribution in [0.15, 0.2) is 54.6 Å². The third kappa shape index (κ3) is 6.61. The van der Waals surface area contributed by atoms with Crippen LogP contribution in [0.1, 0.15) is 18.9 Å². The van der Waals surface area contributed by atoms with Crippen LogP contribution in [0, 0.1) is 10.1 Å². The maximum Gasteiger partial charge on any atom is 0.270 e. The van der Waals surface area contributed by atoms with Gasteiger partial charge in [-0.2, -0.15) is 0 Å². The van der Waals surface area contributed by atoms with Crippen LogP contribution in [0.3, 0.4) is 0 Å². The number of nitrogens with zero attached hydrogens (tertiary/aromatic N) is 1. The van der Waals surface area contributed by atoms with Gasteiger partial charge >= 0.3 is 0 Å². The van der Waals surface area contributed by atoms with Crippen molar-refractivity contribution in [2.75, 3.05) is 10.6 Å². The highest BCUT2D eigenvalue weighted by Gasteiger charge is 2.05. The van der Waals surface area contributed by atoms with Gasteiger partial charge in [0.2, 0.25) is 11.8 Å². The summed E-state index contributed by atoms with van der Waals surface area (Å²) in [5.74, 6) is -0.560. The number of thiocarbonyl (C=S) groups is 1. The molecule has 0 bridgehead atoms. The Kier molecular flexibility index (Phi) is 7.35. The summed E-state index contributed by atoms with van der Waals surface area (Å²) < 4.78 is 0. The van der Waals surface area contributed by atoms with Gasteiger partial charge in [0.05, 0.1) is 4.92 Å². The fourth-order valence-corrected chi connectivity index (χ4v) is 2.33. The Balaban J connectivity index is 1.88. The van der Waals surface area contributed by atoms with Crippen LogP contribution in [-0.2, 0) is 9.59 Å². The maximum absolute atomic E-state index is 11.9. The average Bonchev–Trinajstić information content (AvgIpc) is 2.68. The Bertz CT molecular complexity index is 926. The van der Waals surface area contributed by atoms with Crippen molar-refractivity contribution in [2.24, 2.45) is 0 Å². The number of nitro groups is 1. The molecule has 2 aromatic carbocycles. The van der Waals surface area contributed by atoms with Gasteiger partial charge in [-0.25, -0.2) is 0 Å². The van der Waals surface area contributed by atoms with Crippen molar-refractivity contribution in [3.05, 3.63) is 70.3 Å². The van der Waals surface area contributed by atoms with Crippen molar-refractivity contribution < 1.29 is 14.5 Å². The molecule has 0 aliphatic carbocycles. The van der Waals surface area contributed by atoms with Gasteiger partial charge in [-0.05, 0) is 48.1 Å². The van der Waals surface area contributed by atoms with E-state index in [1.807, 2.05) is 0 Å². The predicted molar refractivity (Wildman–Crippen MR) is 112 cm³/mol. The molecule has 0 heterocycles. The molecule has 144 valence electrons. The Morgan fingerprint density at radius 1 is 1.11 bits per heavy atom. The number of benzene rings is 2. The monoisotopic (exact) mass is 398 g/mol. The standard InChI is InChI=1S/C19H18N4O4S/c1-2-17(24)20-14-7-9-15(10-8-14)21-19(28)22-18(25)11-6-13-4-3-5-16(12-13)23(26)27/h3-12H,2H2,1H3,(H,20,24)(H2,21,22,25,28)/b11-6+. The predicted octanol–water partition coefficient (Wildman–Crippen LogP) is 3.47. The van der Waals surface area contributed by atoms with E-state index in [1.54, 1.807) is 37.3 Å². The second-order valence-electron chi connectivity index (χ2n) is 5.61. The summed E-state index contributed by atoms with van der Waals surface area (Å²) in [6.45, 7) is 1.76. The normalized spacial score (nSPS) is 10.3. The molecule has 2 aromatic rings. The molecule has 28 heavy (non-hydrogen) atoms. The van der Waals surface area contributed by atoms with Gasteiger partial charge in [-0.1, -0.05) is 19.1 Å². The van der Waals surface area contributed by atoms with Gasteiger partial charge in [-0.3, -0.25) is 25.0 Å². The number of hydrogen-bond donors (Lipinski definition) is 3. The lowest BCUT2D eigenvalue weighted by atomic mass is 10.2. The first kappa shape index (κ1) is 20.7. The lowest BCUT2D eigenvalue weighted by Gasteiger charge is -2.09. The molecule has 0 unspecified atom stereocenters. The number of rotatable bonds is 6. The van der Waals surface area contributed by atoms with Gasteiger partial charge in [0, 0.05) is 36.0 Å². The molecule has 0 spiro atoms. The van der Waals surface area contributed by atoms with Crippen LogP contribution in [0.25, 0.3) is 6.08 Å². The molecule has 2 amide bonds. The molecule has 0 aromatic heterocycles. The Morgan fingerprint density at radius 2 is 1.75 bits per heavy atom. The lowest BCUT2D eigenvalue weighted by molar-refractivity contribution is -0.384. The minimum Gasteiger partial charge on any atom is -0.332 e. The van der Waals surface area contributed by atoms with Crippen molar-refractivity contribution in [2.45, 2.75) is 13.3 Å². The van der Waals surface area contributed by atoms with E-state index < -0.39 is 10.8 Å². The first-order valence-corrected chi connectivity index (χ1v) is 8.72. The maximum atomic E-state index is 11.9. The zero-order valence-corrected chi connectivity index (χ0v) is 15.8. The van der Waals surface area contributed by atoms with Crippen molar-refractivity contribution in [1.29, 1.82) is 0 Å². The van der Waals surface area contributed by atoms with E-state index >= 15 is 0 Å². The van der Waals surface area contributed by atoms with E-state index in [4.69, 9.17) is 12.2 Å². The van der Waals surface area contributed by atoms with E-state index in [0.29, 0.717) is 23.4 Å². The first-order valence-electron chi connectivity index (χ1n) is 8.32. The largest absolute Gasteiger partial charge is 0.332 e. The zero-order chi connectivity index (χ0) is 20.5. The third-order valence-corrected chi connectivity index (χ3v) is 3.70. The van der Waals surface area contributed by atoms with Crippen LogP contribution < -0.4 is 16.0 Å². The molecule has 8 nitrogen and oxygen atoms in total. The molecule has 0 atom stereocenters. The number of amides is 2. The molecular weight excluding hydrogens is 380 g/mol. The molecule has 3 N–H and O–H groups in total. The lowest BCUT2D eigenvalue weighted by Crippen LogP contribution is -2.32. The molecule has 9 heteroatoms. The molecule has 0 fully saturated rings. The summed E-state index contributed by atoms with van der Waals surface area (Å²) >= 11 is 5.08. The van der Waals surface area contributed by atoms with E-state index in [2.05, 4.69) is 16.0 Å². The summed E-state index contributed by atoms with van der Waals surface area (Å²) in [7, 11) is 0. The number of hydrogen-bond acceptors (Lipinski definition) is 5. The fraction of sp³-hybridized carbons (Fsp3) is 0.105. The van der Waals surface area contributed by atoms with Crippen LogP contribution in [0.4, 0.5) is 17.1 Å². The smallest absolute Gasteiger partial charge is 0.270 e. The minimum absolute atomic E-state index is 0.0571. The van der Waals surface area contributed by atoms with Crippen LogP contribution >= 0.6 is 12.2 Å². The third-order valence-electron chi connectivity index (χ3n) is 3.49. The van der Waals surface area contributed by atoms with E-state index in [1.165, 1.54) is 30.4 Å². The molecule has 0 radical (unpaired) electrons. The van der Waals surface area contributed by atoms with Gasteiger partial charge in [0.1, 0.15) is 0 Å². The van der Waals surface area contributed by atoms with Crippen LogP contribution in [0.5, 0.6) is 0 Å². The Hall–Kier alpha value is -3.59. The fourth-order valence-electron chi connectivity index (χ4n) is 2.12. The van der Waals surface area contributed by atoms with E-state index in [0.717, 1.165) is 0 Å². The number of nitrogens with one attached hydrogen (secondary N) is 3. The number of carbonyl (C=O) groups excluding carboxylic acids is 2. The first-order chi connectivity index (χ1) is 13.4. The Labute approximate surface area is 166 Å². The summed E-state index contributed by atoms with van der Waals surface area (Å²) in [4.78, 5) is 33.5. The van der Waals surface area contributed by atoms with Gasteiger partial charge in [-0.15, -0.1) is 0 Å². The number of anilines is 2. The molecule has 0 aliphatic heterocycles. The highest BCUT2D eigenvalue weighted by Crippen LogP contribution is 2.15. The summed E-state index contributed by atoms with van der Waals surface area (Å²) in [6, 6.07) is 12.8. The van der Waals surface area contributed by atoms with Crippen molar-refractivity contribution >= 4 is 52.3 Å². The second kappa shape index (κ2) is 9.93. The number of nitro benzene ring substituents is 1. The topological polar surface area (TPSA) is 113 Å². The van der Waals surface area contributed by atoms with Gasteiger partial charge < -0.3 is 10.6 Å². The second-order valence-corrected chi connectivity index (χ2v) is 6.02. The SMILES string of the molecule is CCC(=O)Nc1ccc(NC(=S)NC(=O)/C=C/c2cccc([N+](=O)[O-])c2)cc1. The summed E-state index contributed by atoms with van der Waals surface area (Å²) in [6.07, 6.45) is 3.08. The summed E-state index contributed by atoms with van der Waals surface area (Å²) in [5.41, 5.74) is 1.76.